The molecule has 2 amide bonds. The summed E-state index contributed by atoms with van der Waals surface area (Å²) in [6.45, 7) is 8.88. The van der Waals surface area contributed by atoms with Crippen molar-refractivity contribution < 1.29 is 9.59 Å². The van der Waals surface area contributed by atoms with Crippen LogP contribution in [-0.4, -0.2) is 11.8 Å². The van der Waals surface area contributed by atoms with Crippen molar-refractivity contribution in [3.8, 4) is 0 Å². The van der Waals surface area contributed by atoms with Crippen molar-refractivity contribution in [2.75, 3.05) is 0 Å². The van der Waals surface area contributed by atoms with Gasteiger partial charge in [0, 0.05) is 9.79 Å². The molecular weight excluding hydrogens is 533 g/mol. The van der Waals surface area contributed by atoms with Crippen LogP contribution in [0.1, 0.15) is 115 Å². The first-order chi connectivity index (χ1) is 19.1. The fourth-order valence-corrected chi connectivity index (χ4v) is 9.87. The van der Waals surface area contributed by atoms with Crippen LogP contribution < -0.4 is 11.5 Å². The minimum Gasteiger partial charge on any atom is -0.369 e. The number of hydrogen-bond acceptors (Lipinski definition) is 4. The van der Waals surface area contributed by atoms with Crippen LogP contribution in [0.15, 0.2) is 58.3 Å². The molecule has 6 heteroatoms. The highest BCUT2D eigenvalue weighted by Gasteiger charge is 2.49. The molecule has 0 bridgehead atoms. The van der Waals surface area contributed by atoms with E-state index in [0.717, 1.165) is 64.2 Å². The van der Waals surface area contributed by atoms with Gasteiger partial charge in [0.05, 0.1) is 10.8 Å². The molecule has 4 unspecified atom stereocenters. The molecule has 2 aromatic rings. The molecule has 4 N–H and O–H groups in total. The van der Waals surface area contributed by atoms with Gasteiger partial charge in [0.2, 0.25) is 11.8 Å². The van der Waals surface area contributed by atoms with Crippen molar-refractivity contribution in [2.24, 2.45) is 34.1 Å². The molecule has 2 saturated carbocycles. The standard InChI is InChI=1S/C34H48N2O2S2/c1-23(2)17-21-33(31(35)37)19-9-13-27(33)25-11-5-7-15-29(25)39-40-30-16-8-6-12-26(30)28-14-10-20-34(28,32(36)38)22-18-24(3)4/h5-8,11-12,15-16,23-24,27-28H,9-10,13-14,17-22H2,1-4H3,(H2,35,37)(H2,36,38). The number of benzene rings is 2. The molecular formula is C34H48N2O2S2. The third kappa shape index (κ3) is 6.43. The van der Waals surface area contributed by atoms with Gasteiger partial charge in [0.25, 0.3) is 0 Å². The fourth-order valence-electron chi connectivity index (χ4n) is 7.36. The van der Waals surface area contributed by atoms with Gasteiger partial charge < -0.3 is 11.5 Å². The number of rotatable bonds is 13. The number of carbonyl (C=O) groups excluding carboxylic acids is 2. The third-order valence-corrected chi connectivity index (χ3v) is 12.2. The minimum atomic E-state index is -0.467. The number of carbonyl (C=O) groups is 2. The fraction of sp³-hybridized carbons (Fsp3) is 0.588. The van der Waals surface area contributed by atoms with E-state index in [1.54, 1.807) is 21.6 Å². The van der Waals surface area contributed by atoms with Crippen LogP contribution >= 0.6 is 21.6 Å². The summed E-state index contributed by atoms with van der Waals surface area (Å²) in [4.78, 5) is 28.4. The van der Waals surface area contributed by atoms with Crippen LogP contribution in [0, 0.1) is 22.7 Å². The van der Waals surface area contributed by atoms with E-state index in [2.05, 4.69) is 76.2 Å². The first-order valence-electron chi connectivity index (χ1n) is 15.2. The predicted molar refractivity (Wildman–Crippen MR) is 169 cm³/mol. The van der Waals surface area contributed by atoms with E-state index in [4.69, 9.17) is 11.5 Å². The van der Waals surface area contributed by atoms with Gasteiger partial charge in [-0.1, -0.05) is 98.5 Å². The predicted octanol–water partition coefficient (Wildman–Crippen LogP) is 8.84. The topological polar surface area (TPSA) is 86.2 Å². The highest BCUT2D eigenvalue weighted by molar-refractivity contribution is 8.76. The Kier molecular flexibility index (Phi) is 10.4. The number of nitrogens with two attached hydrogens (primary N) is 2. The summed E-state index contributed by atoms with van der Waals surface area (Å²) in [6.07, 6.45) is 9.55. The second-order valence-corrected chi connectivity index (χ2v) is 15.3. The van der Waals surface area contributed by atoms with E-state index in [1.807, 2.05) is 0 Å². The van der Waals surface area contributed by atoms with E-state index in [0.29, 0.717) is 11.8 Å². The average Bonchev–Trinajstić information content (AvgIpc) is 3.56. The molecule has 40 heavy (non-hydrogen) atoms. The molecule has 0 spiro atoms. The molecule has 2 aliphatic rings. The first kappa shape index (κ1) is 31.0. The summed E-state index contributed by atoms with van der Waals surface area (Å²) >= 11 is 0. The zero-order valence-electron chi connectivity index (χ0n) is 24.8. The molecule has 0 aliphatic heterocycles. The van der Waals surface area contributed by atoms with Crippen LogP contribution in [-0.2, 0) is 9.59 Å². The maximum atomic E-state index is 13.0. The zero-order valence-corrected chi connectivity index (χ0v) is 26.4. The van der Waals surface area contributed by atoms with E-state index in [9.17, 15) is 9.59 Å². The molecule has 2 aliphatic carbocycles. The van der Waals surface area contributed by atoms with Crippen LogP contribution in [0.25, 0.3) is 0 Å². The molecule has 0 radical (unpaired) electrons. The monoisotopic (exact) mass is 580 g/mol. The SMILES string of the molecule is CC(C)CCC1(C(N)=O)CCCC1c1ccccc1SSc1ccccc1C1CCCC1(CCC(C)C)C(N)=O. The largest absolute Gasteiger partial charge is 0.369 e. The van der Waals surface area contributed by atoms with Gasteiger partial charge in [-0.3, -0.25) is 9.59 Å². The van der Waals surface area contributed by atoms with Crippen molar-refractivity contribution in [3.05, 3.63) is 59.7 Å². The van der Waals surface area contributed by atoms with Gasteiger partial charge >= 0.3 is 0 Å². The van der Waals surface area contributed by atoms with Crippen molar-refractivity contribution >= 4 is 33.4 Å². The lowest BCUT2D eigenvalue weighted by Crippen LogP contribution is -2.39. The molecule has 2 fully saturated rings. The van der Waals surface area contributed by atoms with E-state index >= 15 is 0 Å². The molecule has 2 aromatic carbocycles. The van der Waals surface area contributed by atoms with Gasteiger partial charge in [-0.2, -0.15) is 0 Å². The smallest absolute Gasteiger partial charge is 0.224 e. The molecule has 0 aromatic heterocycles. The Bertz CT molecular complexity index is 1090. The van der Waals surface area contributed by atoms with Gasteiger partial charge in [-0.05, 0) is 98.3 Å². The Morgan fingerprint density at radius 3 is 1.45 bits per heavy atom. The Balaban J connectivity index is 1.61. The van der Waals surface area contributed by atoms with Crippen LogP contribution in [0.4, 0.5) is 0 Å². The van der Waals surface area contributed by atoms with E-state index in [-0.39, 0.29) is 23.7 Å². The lowest BCUT2D eigenvalue weighted by atomic mass is 9.70. The summed E-state index contributed by atoms with van der Waals surface area (Å²) in [7, 11) is 3.54. The summed E-state index contributed by atoms with van der Waals surface area (Å²) in [5.41, 5.74) is 13.9. The Morgan fingerprint density at radius 2 is 1.10 bits per heavy atom. The third-order valence-electron chi connectivity index (χ3n) is 9.69. The molecule has 0 saturated heterocycles. The summed E-state index contributed by atoms with van der Waals surface area (Å²) in [5, 5.41) is 0. The van der Waals surface area contributed by atoms with Crippen LogP contribution in [0.5, 0.6) is 0 Å². The highest BCUT2D eigenvalue weighted by Crippen LogP contribution is 2.57. The summed E-state index contributed by atoms with van der Waals surface area (Å²) < 4.78 is 0. The zero-order chi connectivity index (χ0) is 28.9. The van der Waals surface area contributed by atoms with Crippen LogP contribution in [0.3, 0.4) is 0 Å². The Hall–Kier alpha value is -1.92. The van der Waals surface area contributed by atoms with Crippen molar-refractivity contribution in [1.82, 2.24) is 0 Å². The quantitative estimate of drug-likeness (QED) is 0.232. The van der Waals surface area contributed by atoms with Crippen molar-refractivity contribution in [3.63, 3.8) is 0 Å². The van der Waals surface area contributed by atoms with Crippen molar-refractivity contribution in [2.45, 2.75) is 114 Å². The average molecular weight is 581 g/mol. The van der Waals surface area contributed by atoms with Gasteiger partial charge in [-0.25, -0.2) is 0 Å². The van der Waals surface area contributed by atoms with Gasteiger partial charge in [0.15, 0.2) is 0 Å². The maximum absolute atomic E-state index is 13.0. The second-order valence-electron chi connectivity index (χ2n) is 13.0. The molecule has 218 valence electrons. The highest BCUT2D eigenvalue weighted by atomic mass is 33.1. The Morgan fingerprint density at radius 1 is 0.725 bits per heavy atom. The second kappa shape index (κ2) is 13.4. The minimum absolute atomic E-state index is 0.140. The molecule has 4 nitrogen and oxygen atoms in total. The van der Waals surface area contributed by atoms with Crippen LogP contribution in [0.2, 0.25) is 0 Å². The summed E-state index contributed by atoms with van der Waals surface area (Å²) in [5.74, 6) is 1.10. The lowest BCUT2D eigenvalue weighted by molar-refractivity contribution is -0.129. The summed E-state index contributed by atoms with van der Waals surface area (Å²) in [6, 6.07) is 17.2. The Labute approximate surface area is 249 Å². The first-order valence-corrected chi connectivity index (χ1v) is 17.4. The normalized spacial score (nSPS) is 26.6. The number of hydrogen-bond donors (Lipinski definition) is 2. The molecule has 0 heterocycles. The van der Waals surface area contributed by atoms with E-state index < -0.39 is 10.8 Å². The lowest BCUT2D eigenvalue weighted by Gasteiger charge is -2.35. The van der Waals surface area contributed by atoms with Gasteiger partial charge in [0.1, 0.15) is 0 Å². The maximum Gasteiger partial charge on any atom is 0.224 e. The molecule has 4 atom stereocenters. The van der Waals surface area contributed by atoms with Crippen molar-refractivity contribution in [1.29, 1.82) is 0 Å². The van der Waals surface area contributed by atoms with E-state index in [1.165, 1.54) is 20.9 Å². The number of primary amides is 2. The number of amides is 2. The van der Waals surface area contributed by atoms with Gasteiger partial charge in [-0.15, -0.1) is 0 Å². The molecule has 4 rings (SSSR count).